The maximum Gasteiger partial charge on any atom is 0.261 e. The second kappa shape index (κ2) is 9.03. The molecule has 0 atom stereocenters. The largest absolute Gasteiger partial charge is 0.506 e. The highest BCUT2D eigenvalue weighted by molar-refractivity contribution is 7.99. The number of anilines is 1. The molecule has 0 unspecified atom stereocenters. The summed E-state index contributed by atoms with van der Waals surface area (Å²) in [6, 6.07) is 15.9. The molecule has 0 radical (unpaired) electrons. The number of aromatic amines is 1. The molecule has 1 fully saturated rings. The second-order valence-corrected chi connectivity index (χ2v) is 10.8. The van der Waals surface area contributed by atoms with E-state index >= 15 is 0 Å². The van der Waals surface area contributed by atoms with Crippen molar-refractivity contribution in [3.63, 3.8) is 0 Å². The Bertz CT molecular complexity index is 1370. The van der Waals surface area contributed by atoms with E-state index in [2.05, 4.69) is 25.3 Å². The molecule has 1 aliphatic rings. The van der Waals surface area contributed by atoms with E-state index in [0.717, 1.165) is 24.6 Å². The minimum absolute atomic E-state index is 0.0279. The van der Waals surface area contributed by atoms with E-state index in [1.54, 1.807) is 42.5 Å². The van der Waals surface area contributed by atoms with E-state index in [1.807, 2.05) is 12.1 Å². The van der Waals surface area contributed by atoms with Gasteiger partial charge in [0.25, 0.3) is 10.0 Å². The summed E-state index contributed by atoms with van der Waals surface area (Å²) < 4.78 is 29.2. The first-order chi connectivity index (χ1) is 16.0. The number of phenols is 1. The third-order valence-electron chi connectivity index (χ3n) is 6.02. The number of phenolic OH excluding ortho intramolecular Hbond substituents is 1. The minimum Gasteiger partial charge on any atom is -0.506 e. The van der Waals surface area contributed by atoms with Crippen LogP contribution in [0.3, 0.4) is 0 Å². The molecule has 1 saturated carbocycles. The summed E-state index contributed by atoms with van der Waals surface area (Å²) in [4.78, 5) is 0.618. The topological polar surface area (TPSA) is 121 Å². The van der Waals surface area contributed by atoms with Gasteiger partial charge in [-0.2, -0.15) is 5.21 Å². The van der Waals surface area contributed by atoms with E-state index in [-0.39, 0.29) is 10.6 Å². The van der Waals surface area contributed by atoms with Gasteiger partial charge in [-0.1, -0.05) is 55.7 Å². The second-order valence-electron chi connectivity index (χ2n) is 8.12. The third-order valence-corrected chi connectivity index (χ3v) is 8.29. The van der Waals surface area contributed by atoms with Gasteiger partial charge in [-0.3, -0.25) is 4.72 Å². The lowest BCUT2D eigenvalue weighted by Crippen LogP contribution is -2.14. The predicted octanol–water partition coefficient (Wildman–Crippen LogP) is 5.06. The molecule has 1 aliphatic carbocycles. The van der Waals surface area contributed by atoms with Gasteiger partial charge in [-0.25, -0.2) is 8.42 Å². The number of nitrogens with zero attached hydrogens (tertiary/aromatic N) is 3. The van der Waals surface area contributed by atoms with Crippen LogP contribution in [0.2, 0.25) is 0 Å². The van der Waals surface area contributed by atoms with Crippen LogP contribution in [0.4, 0.5) is 5.69 Å². The maximum atomic E-state index is 13.2. The van der Waals surface area contributed by atoms with Gasteiger partial charge >= 0.3 is 0 Å². The lowest BCUT2D eigenvalue weighted by atomic mass is 9.84. The maximum absolute atomic E-state index is 13.2. The van der Waals surface area contributed by atoms with Crippen LogP contribution in [0.1, 0.15) is 43.6 Å². The minimum atomic E-state index is -3.83. The fourth-order valence-electron chi connectivity index (χ4n) is 4.35. The molecule has 0 aliphatic heterocycles. The molecule has 170 valence electrons. The number of rotatable bonds is 6. The number of nitrogens with one attached hydrogen (secondary N) is 2. The molecule has 8 nitrogen and oxygen atoms in total. The highest BCUT2D eigenvalue weighted by Crippen LogP contribution is 2.42. The number of aromatic hydroxyl groups is 1. The molecular weight excluding hydrogens is 458 g/mol. The van der Waals surface area contributed by atoms with Crippen LogP contribution in [-0.2, 0) is 10.0 Å². The lowest BCUT2D eigenvalue weighted by molar-refractivity contribution is 0.443. The smallest absolute Gasteiger partial charge is 0.261 e. The van der Waals surface area contributed by atoms with Crippen LogP contribution in [-0.4, -0.2) is 34.1 Å². The molecular formula is C23H23N5O3S2. The first kappa shape index (κ1) is 21.7. The summed E-state index contributed by atoms with van der Waals surface area (Å²) in [5, 5.41) is 25.9. The third kappa shape index (κ3) is 4.53. The van der Waals surface area contributed by atoms with Crippen molar-refractivity contribution in [2.75, 3.05) is 4.72 Å². The molecule has 33 heavy (non-hydrogen) atoms. The van der Waals surface area contributed by atoms with Gasteiger partial charge in [0.1, 0.15) is 5.75 Å². The number of hydrogen-bond acceptors (Lipinski definition) is 7. The Morgan fingerprint density at radius 2 is 1.73 bits per heavy atom. The molecule has 1 aromatic heterocycles. The number of aromatic nitrogens is 4. The van der Waals surface area contributed by atoms with Crippen LogP contribution in [0.15, 0.2) is 69.5 Å². The summed E-state index contributed by atoms with van der Waals surface area (Å²) in [5.41, 5.74) is 1.56. The van der Waals surface area contributed by atoms with Crippen molar-refractivity contribution >= 4 is 38.2 Å². The van der Waals surface area contributed by atoms with E-state index < -0.39 is 10.0 Å². The molecule has 0 saturated heterocycles. The Balaban J connectivity index is 1.48. The molecule has 3 N–H and O–H groups in total. The summed E-state index contributed by atoms with van der Waals surface area (Å²) in [5.74, 6) is 0.536. The highest BCUT2D eigenvalue weighted by Gasteiger charge is 2.21. The van der Waals surface area contributed by atoms with Crippen molar-refractivity contribution in [1.29, 1.82) is 0 Å². The zero-order valence-corrected chi connectivity index (χ0v) is 19.4. The Morgan fingerprint density at radius 1 is 1.00 bits per heavy atom. The monoisotopic (exact) mass is 481 g/mol. The Labute approximate surface area is 195 Å². The summed E-state index contributed by atoms with van der Waals surface area (Å²) >= 11 is 1.09. The van der Waals surface area contributed by atoms with Crippen LogP contribution in [0.25, 0.3) is 10.8 Å². The first-order valence-corrected chi connectivity index (χ1v) is 13.1. The van der Waals surface area contributed by atoms with Gasteiger partial charge < -0.3 is 5.11 Å². The molecule has 1 heterocycles. The molecule has 0 amide bonds. The van der Waals surface area contributed by atoms with Crippen LogP contribution in [0.5, 0.6) is 5.75 Å². The Kier molecular flexibility index (Phi) is 5.94. The zero-order valence-electron chi connectivity index (χ0n) is 17.7. The molecule has 5 rings (SSSR count). The zero-order chi connectivity index (χ0) is 22.8. The van der Waals surface area contributed by atoms with Crippen molar-refractivity contribution in [2.24, 2.45) is 0 Å². The Hall–Kier alpha value is -3.11. The SMILES string of the molecule is O=S(=O)(Nc1cc(Sc2nn[nH]n2)c(O)c2ccccc12)c1ccc(C2CCCCC2)cc1. The number of tetrazole rings is 1. The van der Waals surface area contributed by atoms with Crippen molar-refractivity contribution < 1.29 is 13.5 Å². The molecule has 3 aromatic carbocycles. The average molecular weight is 482 g/mol. The fraction of sp³-hybridized carbons (Fsp3) is 0.261. The normalized spacial score (nSPS) is 15.0. The van der Waals surface area contributed by atoms with Crippen molar-refractivity contribution in [1.82, 2.24) is 20.6 Å². The predicted molar refractivity (Wildman–Crippen MR) is 127 cm³/mol. The Morgan fingerprint density at radius 3 is 2.42 bits per heavy atom. The number of hydrogen-bond donors (Lipinski definition) is 3. The van der Waals surface area contributed by atoms with Crippen molar-refractivity contribution in [2.45, 2.75) is 53.0 Å². The molecule has 0 spiro atoms. The fourth-order valence-corrected chi connectivity index (χ4v) is 6.17. The van der Waals surface area contributed by atoms with Gasteiger partial charge in [0, 0.05) is 10.8 Å². The van der Waals surface area contributed by atoms with Gasteiger partial charge in [0.05, 0.1) is 15.5 Å². The van der Waals surface area contributed by atoms with Gasteiger partial charge in [0.15, 0.2) is 0 Å². The van der Waals surface area contributed by atoms with E-state index in [1.165, 1.54) is 24.8 Å². The standard InChI is InChI=1S/C23H23N5O3S2/c29-22-19-9-5-4-8-18(19)20(14-21(22)32-23-24-27-28-25-23)26-33(30,31)17-12-10-16(11-13-17)15-6-2-1-3-7-15/h4-5,8-15,26,29H,1-3,6-7H2,(H,24,25,27,28). The molecule has 4 aromatic rings. The van der Waals surface area contributed by atoms with Crippen LogP contribution < -0.4 is 4.72 Å². The summed E-state index contributed by atoms with van der Waals surface area (Å²) in [7, 11) is -3.83. The number of fused-ring (bicyclic) bond motifs is 1. The van der Waals surface area contributed by atoms with Crippen molar-refractivity contribution in [3.8, 4) is 5.75 Å². The van der Waals surface area contributed by atoms with E-state index in [9.17, 15) is 13.5 Å². The highest BCUT2D eigenvalue weighted by atomic mass is 32.2. The van der Waals surface area contributed by atoms with Gasteiger partial charge in [0.2, 0.25) is 5.16 Å². The molecule has 0 bridgehead atoms. The number of H-pyrrole nitrogens is 1. The first-order valence-electron chi connectivity index (χ1n) is 10.8. The van der Waals surface area contributed by atoms with Gasteiger partial charge in [-0.15, -0.1) is 10.2 Å². The number of sulfonamides is 1. The quantitative estimate of drug-likeness (QED) is 0.329. The van der Waals surface area contributed by atoms with Crippen LogP contribution >= 0.6 is 11.8 Å². The van der Waals surface area contributed by atoms with Crippen LogP contribution in [0, 0.1) is 0 Å². The lowest BCUT2D eigenvalue weighted by Gasteiger charge is -2.22. The number of benzene rings is 3. The summed E-state index contributed by atoms with van der Waals surface area (Å²) in [6.07, 6.45) is 6.05. The molecule has 10 heteroatoms. The van der Waals surface area contributed by atoms with E-state index in [4.69, 9.17) is 0 Å². The van der Waals surface area contributed by atoms with Gasteiger partial charge in [-0.05, 0) is 59.5 Å². The van der Waals surface area contributed by atoms with E-state index in [0.29, 0.717) is 32.4 Å². The van der Waals surface area contributed by atoms with Crippen molar-refractivity contribution in [3.05, 3.63) is 60.2 Å². The summed E-state index contributed by atoms with van der Waals surface area (Å²) in [6.45, 7) is 0. The average Bonchev–Trinajstić information content (AvgIpc) is 3.36.